The van der Waals surface area contributed by atoms with Gasteiger partial charge in [0.2, 0.25) is 0 Å². The third-order valence-electron chi connectivity index (χ3n) is 3.59. The van der Waals surface area contributed by atoms with E-state index in [1.165, 1.54) is 25.0 Å². The Kier molecular flexibility index (Phi) is 5.89. The zero-order valence-electron chi connectivity index (χ0n) is 11.0. The van der Waals surface area contributed by atoms with E-state index in [0.29, 0.717) is 10.8 Å². The van der Waals surface area contributed by atoms with Gasteiger partial charge in [0.15, 0.2) is 5.96 Å². The number of hydrogen-bond acceptors (Lipinski definition) is 2. The van der Waals surface area contributed by atoms with Crippen LogP contribution in [0.1, 0.15) is 33.1 Å². The zero-order valence-corrected chi connectivity index (χ0v) is 14.1. The maximum absolute atomic E-state index is 4.28. The first-order chi connectivity index (χ1) is 7.63. The summed E-state index contributed by atoms with van der Waals surface area (Å²) < 4.78 is 0.410. The van der Waals surface area contributed by atoms with E-state index in [1.54, 1.807) is 0 Å². The monoisotopic (exact) mass is 369 g/mol. The van der Waals surface area contributed by atoms with E-state index in [0.717, 1.165) is 18.4 Å². The lowest BCUT2D eigenvalue weighted by molar-refractivity contribution is 0.583. The fourth-order valence-electron chi connectivity index (χ4n) is 2.14. The van der Waals surface area contributed by atoms with Crippen LogP contribution in [0, 0.1) is 5.92 Å². The molecule has 1 aliphatic carbocycles. The van der Waals surface area contributed by atoms with E-state index in [2.05, 4.69) is 41.2 Å². The fourth-order valence-corrected chi connectivity index (χ4v) is 3.38. The first-order valence-electron chi connectivity index (χ1n) is 6.24. The smallest absolute Gasteiger partial charge is 0.191 e. The standard InChI is InChI=1S/C12H23N3S.HI/c1-9-7-10(9)15-11(13-3)14-8-12(2)5-4-6-16-12;/h9-10H,4-8H2,1-3H3,(H2,13,14,15);1H. The van der Waals surface area contributed by atoms with Crippen molar-refractivity contribution in [1.29, 1.82) is 0 Å². The number of aliphatic imine (C=N–C) groups is 1. The Balaban J connectivity index is 0.00000144. The predicted molar refractivity (Wildman–Crippen MR) is 87.6 cm³/mol. The molecule has 2 aliphatic rings. The summed E-state index contributed by atoms with van der Waals surface area (Å²) in [4.78, 5) is 4.28. The second-order valence-corrected chi connectivity index (χ2v) is 6.97. The molecule has 0 bridgehead atoms. The summed E-state index contributed by atoms with van der Waals surface area (Å²) in [6, 6.07) is 0.648. The Hall–Kier alpha value is 0.350. The number of nitrogens with one attached hydrogen (secondary N) is 2. The SMILES string of the molecule is CN=C(NCC1(C)CCCS1)NC1CC1C.I. The van der Waals surface area contributed by atoms with E-state index in [1.807, 2.05) is 7.05 Å². The molecular formula is C12H24IN3S. The average molecular weight is 369 g/mol. The number of rotatable bonds is 3. The molecule has 3 unspecified atom stereocenters. The van der Waals surface area contributed by atoms with Crippen LogP contribution in [-0.2, 0) is 0 Å². The molecule has 0 aromatic rings. The van der Waals surface area contributed by atoms with Crippen LogP contribution in [0.5, 0.6) is 0 Å². The summed E-state index contributed by atoms with van der Waals surface area (Å²) in [5, 5.41) is 6.92. The minimum Gasteiger partial charge on any atom is -0.355 e. The predicted octanol–water partition coefficient (Wildman–Crippen LogP) is 2.46. The van der Waals surface area contributed by atoms with Crippen LogP contribution < -0.4 is 10.6 Å². The highest BCUT2D eigenvalue weighted by atomic mass is 127. The van der Waals surface area contributed by atoms with E-state index in [4.69, 9.17) is 0 Å². The molecule has 1 saturated heterocycles. The van der Waals surface area contributed by atoms with Gasteiger partial charge in [-0.2, -0.15) is 11.8 Å². The molecule has 0 spiro atoms. The molecule has 3 atom stereocenters. The lowest BCUT2D eigenvalue weighted by Crippen LogP contribution is -2.44. The topological polar surface area (TPSA) is 36.4 Å². The van der Waals surface area contributed by atoms with Gasteiger partial charge in [-0.25, -0.2) is 0 Å². The first kappa shape index (κ1) is 15.4. The lowest BCUT2D eigenvalue weighted by atomic mass is 10.1. The number of nitrogens with zero attached hydrogens (tertiary/aromatic N) is 1. The zero-order chi connectivity index (χ0) is 11.6. The minimum absolute atomic E-state index is 0. The molecule has 0 radical (unpaired) electrons. The molecule has 1 saturated carbocycles. The van der Waals surface area contributed by atoms with Crippen LogP contribution in [0.4, 0.5) is 0 Å². The molecule has 100 valence electrons. The van der Waals surface area contributed by atoms with E-state index in [-0.39, 0.29) is 24.0 Å². The molecule has 0 aromatic carbocycles. The van der Waals surface area contributed by atoms with Gasteiger partial charge in [-0.3, -0.25) is 4.99 Å². The van der Waals surface area contributed by atoms with Gasteiger partial charge in [0, 0.05) is 24.4 Å². The summed E-state index contributed by atoms with van der Waals surface area (Å²) in [6.45, 7) is 5.65. The number of guanidine groups is 1. The lowest BCUT2D eigenvalue weighted by Gasteiger charge is -2.24. The van der Waals surface area contributed by atoms with Crippen LogP contribution in [0.2, 0.25) is 0 Å². The van der Waals surface area contributed by atoms with Crippen LogP contribution in [-0.4, -0.2) is 36.1 Å². The molecule has 2 fully saturated rings. The molecule has 0 aromatic heterocycles. The Labute approximate surface area is 126 Å². The summed E-state index contributed by atoms with van der Waals surface area (Å²) in [5.41, 5.74) is 0. The number of hydrogen-bond donors (Lipinski definition) is 2. The third-order valence-corrected chi connectivity index (χ3v) is 5.12. The van der Waals surface area contributed by atoms with Gasteiger partial charge in [-0.1, -0.05) is 6.92 Å². The molecule has 1 aliphatic heterocycles. The third kappa shape index (κ3) is 4.50. The van der Waals surface area contributed by atoms with E-state index in [9.17, 15) is 0 Å². The normalized spacial score (nSPS) is 36.3. The molecule has 17 heavy (non-hydrogen) atoms. The fraction of sp³-hybridized carbons (Fsp3) is 0.917. The quantitative estimate of drug-likeness (QED) is 0.456. The van der Waals surface area contributed by atoms with Crippen molar-refractivity contribution in [3.8, 4) is 0 Å². The van der Waals surface area contributed by atoms with Crippen LogP contribution in [0.25, 0.3) is 0 Å². The van der Waals surface area contributed by atoms with Crippen molar-refractivity contribution in [2.45, 2.75) is 43.9 Å². The minimum atomic E-state index is 0. The maximum atomic E-state index is 4.28. The van der Waals surface area contributed by atoms with Gasteiger partial charge in [0.1, 0.15) is 0 Å². The van der Waals surface area contributed by atoms with Crippen molar-refractivity contribution >= 4 is 41.7 Å². The number of thioether (sulfide) groups is 1. The van der Waals surface area contributed by atoms with Crippen molar-refractivity contribution in [2.75, 3.05) is 19.3 Å². The Bertz CT molecular complexity index is 277. The second kappa shape index (κ2) is 6.50. The van der Waals surface area contributed by atoms with Gasteiger partial charge in [-0.15, -0.1) is 24.0 Å². The van der Waals surface area contributed by atoms with Gasteiger partial charge >= 0.3 is 0 Å². The highest BCUT2D eigenvalue weighted by molar-refractivity contribution is 14.0. The summed E-state index contributed by atoms with van der Waals surface area (Å²) in [6.07, 6.45) is 3.96. The van der Waals surface area contributed by atoms with Crippen LogP contribution in [0.3, 0.4) is 0 Å². The van der Waals surface area contributed by atoms with Gasteiger partial charge in [0.05, 0.1) is 0 Å². The van der Waals surface area contributed by atoms with Crippen molar-refractivity contribution in [3.05, 3.63) is 0 Å². The highest BCUT2D eigenvalue weighted by Crippen LogP contribution is 2.37. The first-order valence-corrected chi connectivity index (χ1v) is 7.23. The van der Waals surface area contributed by atoms with E-state index < -0.39 is 0 Å². The molecule has 1 heterocycles. The Morgan fingerprint density at radius 3 is 2.71 bits per heavy atom. The molecule has 2 N–H and O–H groups in total. The van der Waals surface area contributed by atoms with Crippen molar-refractivity contribution in [2.24, 2.45) is 10.9 Å². The van der Waals surface area contributed by atoms with Gasteiger partial charge in [0.25, 0.3) is 0 Å². The summed E-state index contributed by atoms with van der Waals surface area (Å²) in [7, 11) is 1.85. The van der Waals surface area contributed by atoms with Crippen molar-refractivity contribution in [3.63, 3.8) is 0 Å². The molecule has 3 nitrogen and oxygen atoms in total. The van der Waals surface area contributed by atoms with E-state index >= 15 is 0 Å². The number of halogens is 1. The average Bonchev–Trinajstić information content (AvgIpc) is 2.76. The van der Waals surface area contributed by atoms with Crippen LogP contribution in [0.15, 0.2) is 4.99 Å². The van der Waals surface area contributed by atoms with Crippen molar-refractivity contribution < 1.29 is 0 Å². The summed E-state index contributed by atoms with van der Waals surface area (Å²) in [5.74, 6) is 3.10. The molecular weight excluding hydrogens is 345 g/mol. The van der Waals surface area contributed by atoms with Crippen LogP contribution >= 0.6 is 35.7 Å². The van der Waals surface area contributed by atoms with Gasteiger partial charge < -0.3 is 10.6 Å². The molecule has 5 heteroatoms. The Morgan fingerprint density at radius 1 is 1.53 bits per heavy atom. The van der Waals surface area contributed by atoms with Gasteiger partial charge in [-0.05, 0) is 37.9 Å². The largest absolute Gasteiger partial charge is 0.355 e. The highest BCUT2D eigenvalue weighted by Gasteiger charge is 2.34. The summed E-state index contributed by atoms with van der Waals surface area (Å²) >= 11 is 2.09. The van der Waals surface area contributed by atoms with Crippen molar-refractivity contribution in [1.82, 2.24) is 10.6 Å². The Morgan fingerprint density at radius 2 is 2.24 bits per heavy atom. The second-order valence-electron chi connectivity index (χ2n) is 5.29. The maximum Gasteiger partial charge on any atom is 0.191 e. The molecule has 0 amide bonds. The molecule has 2 rings (SSSR count).